The van der Waals surface area contributed by atoms with Crippen molar-refractivity contribution in [1.29, 1.82) is 0 Å². The Morgan fingerprint density at radius 2 is 1.80 bits per heavy atom. The molecule has 1 N–H and O–H groups in total. The molecule has 1 fully saturated rings. The van der Waals surface area contributed by atoms with Crippen LogP contribution in [0.1, 0.15) is 54.2 Å². The number of hydrogen-bond donors (Lipinski definition) is 1. The van der Waals surface area contributed by atoms with Crippen LogP contribution in [0.15, 0.2) is 53.4 Å². The zero-order valence-electron chi connectivity index (χ0n) is 17.4. The monoisotopic (exact) mass is 428 g/mol. The molecule has 1 heterocycles. The van der Waals surface area contributed by atoms with E-state index in [1.807, 2.05) is 26.0 Å². The van der Waals surface area contributed by atoms with Gasteiger partial charge in [-0.25, -0.2) is 8.42 Å². The van der Waals surface area contributed by atoms with Crippen molar-refractivity contribution in [2.45, 2.75) is 56.3 Å². The fraction of sp³-hybridized carbons (Fsp3) is 0.435. The Morgan fingerprint density at radius 3 is 2.57 bits per heavy atom. The molecule has 1 aliphatic heterocycles. The van der Waals surface area contributed by atoms with Gasteiger partial charge in [0.2, 0.25) is 10.0 Å². The van der Waals surface area contributed by atoms with Gasteiger partial charge in [-0.3, -0.25) is 4.79 Å². The number of fused-ring (bicyclic) bond motifs is 1. The molecule has 0 unspecified atom stereocenters. The second-order valence-electron chi connectivity index (χ2n) is 8.22. The first kappa shape index (κ1) is 21.0. The van der Waals surface area contributed by atoms with Crippen molar-refractivity contribution in [2.75, 3.05) is 13.1 Å². The first-order valence-corrected chi connectivity index (χ1v) is 11.9. The van der Waals surface area contributed by atoms with E-state index < -0.39 is 10.0 Å². The molecule has 2 aromatic carbocycles. The summed E-state index contributed by atoms with van der Waals surface area (Å²) in [5, 5.41) is 3.10. The summed E-state index contributed by atoms with van der Waals surface area (Å²) in [6.07, 6.45) is 2.59. The maximum absolute atomic E-state index is 13.1. The van der Waals surface area contributed by atoms with Crippen LogP contribution < -0.4 is 5.32 Å². The third-order valence-corrected chi connectivity index (χ3v) is 7.62. The Morgan fingerprint density at radius 1 is 1.07 bits per heavy atom. The Labute approximate surface area is 178 Å². The highest BCUT2D eigenvalue weighted by atomic mass is 32.2. The summed E-state index contributed by atoms with van der Waals surface area (Å²) < 4.78 is 33.4. The minimum atomic E-state index is -3.69. The number of nitrogens with one attached hydrogen (secondary N) is 1. The van der Waals surface area contributed by atoms with E-state index in [9.17, 15) is 13.2 Å². The Hall–Kier alpha value is -2.22. The van der Waals surface area contributed by atoms with E-state index in [0.29, 0.717) is 18.7 Å². The number of aryl methyl sites for hydroxylation is 1. The minimum absolute atomic E-state index is 0.0522. The predicted molar refractivity (Wildman–Crippen MR) is 115 cm³/mol. The summed E-state index contributed by atoms with van der Waals surface area (Å²) >= 11 is 0. The lowest BCUT2D eigenvalue weighted by Gasteiger charge is -2.34. The second kappa shape index (κ2) is 8.49. The molecule has 1 amide bonds. The van der Waals surface area contributed by atoms with Crippen molar-refractivity contribution in [1.82, 2.24) is 9.62 Å². The normalized spacial score (nSPS) is 24.8. The maximum atomic E-state index is 13.1. The van der Waals surface area contributed by atoms with Gasteiger partial charge in [0.05, 0.1) is 23.1 Å². The number of carbonyl (C=O) groups is 1. The van der Waals surface area contributed by atoms with Gasteiger partial charge in [-0.1, -0.05) is 30.3 Å². The summed E-state index contributed by atoms with van der Waals surface area (Å²) in [6, 6.07) is 14.4. The first-order valence-electron chi connectivity index (χ1n) is 10.5. The van der Waals surface area contributed by atoms with E-state index in [0.717, 1.165) is 24.8 Å². The lowest BCUT2D eigenvalue weighted by atomic mass is 9.87. The van der Waals surface area contributed by atoms with Crippen LogP contribution in [0.25, 0.3) is 0 Å². The molecule has 6 nitrogen and oxygen atoms in total. The molecule has 0 aromatic heterocycles. The molecule has 2 aliphatic rings. The number of sulfonamides is 1. The topological polar surface area (TPSA) is 75.7 Å². The summed E-state index contributed by atoms with van der Waals surface area (Å²) in [4.78, 5) is 13.1. The van der Waals surface area contributed by atoms with Crippen molar-refractivity contribution < 1.29 is 17.9 Å². The number of morpholine rings is 1. The van der Waals surface area contributed by atoms with Crippen LogP contribution in [0.2, 0.25) is 0 Å². The molecule has 0 spiro atoms. The van der Waals surface area contributed by atoms with Crippen LogP contribution in [0.5, 0.6) is 0 Å². The SMILES string of the molecule is C[C@@H]1CN(S(=O)(=O)c2cccc(C(=O)N[C@@H]3CCCc4ccccc43)c2)C[C@@H](C)O1. The number of ether oxygens (including phenoxy) is 1. The summed E-state index contributed by atoms with van der Waals surface area (Å²) in [5.41, 5.74) is 2.77. The van der Waals surface area contributed by atoms with Crippen LogP contribution in [0.3, 0.4) is 0 Å². The van der Waals surface area contributed by atoms with Crippen molar-refractivity contribution in [3.63, 3.8) is 0 Å². The van der Waals surface area contributed by atoms with E-state index >= 15 is 0 Å². The number of nitrogens with zero attached hydrogens (tertiary/aromatic N) is 1. The molecule has 1 saturated heterocycles. The van der Waals surface area contributed by atoms with Gasteiger partial charge >= 0.3 is 0 Å². The van der Waals surface area contributed by atoms with Gasteiger partial charge in [0.1, 0.15) is 0 Å². The molecule has 4 rings (SSSR count). The molecule has 3 atom stereocenters. The number of carbonyl (C=O) groups excluding carboxylic acids is 1. The highest BCUT2D eigenvalue weighted by molar-refractivity contribution is 7.89. The number of amides is 1. The van der Waals surface area contributed by atoms with Crippen LogP contribution >= 0.6 is 0 Å². The maximum Gasteiger partial charge on any atom is 0.251 e. The standard InChI is InChI=1S/C23H28N2O4S/c1-16-14-25(15-17(2)29-16)30(27,28)20-10-5-9-19(13-20)23(26)24-22-12-6-8-18-7-3-4-11-21(18)22/h3-5,7,9-11,13,16-17,22H,6,8,12,14-15H2,1-2H3,(H,24,26)/t16-,17-,22-/m1/s1. The van der Waals surface area contributed by atoms with Gasteiger partial charge in [0.25, 0.3) is 5.91 Å². The van der Waals surface area contributed by atoms with E-state index in [1.165, 1.54) is 15.9 Å². The summed E-state index contributed by atoms with van der Waals surface area (Å²) in [7, 11) is -3.69. The lowest BCUT2D eigenvalue weighted by molar-refractivity contribution is -0.0440. The molecule has 1 aliphatic carbocycles. The average Bonchev–Trinajstić information content (AvgIpc) is 2.73. The van der Waals surface area contributed by atoms with Gasteiger partial charge in [0, 0.05) is 18.7 Å². The number of rotatable bonds is 4. The summed E-state index contributed by atoms with van der Waals surface area (Å²) in [5.74, 6) is -0.252. The molecule has 2 aromatic rings. The van der Waals surface area contributed by atoms with Crippen molar-refractivity contribution >= 4 is 15.9 Å². The van der Waals surface area contributed by atoms with Crippen LogP contribution in [-0.2, 0) is 21.2 Å². The van der Waals surface area contributed by atoms with Crippen LogP contribution in [-0.4, -0.2) is 43.9 Å². The highest BCUT2D eigenvalue weighted by Crippen LogP contribution is 2.30. The van der Waals surface area contributed by atoms with Gasteiger partial charge in [-0.05, 0) is 62.4 Å². The van der Waals surface area contributed by atoms with Gasteiger partial charge < -0.3 is 10.1 Å². The molecular formula is C23H28N2O4S. The fourth-order valence-electron chi connectivity index (χ4n) is 4.42. The third kappa shape index (κ3) is 4.29. The first-order chi connectivity index (χ1) is 14.3. The van der Waals surface area contributed by atoms with E-state index in [4.69, 9.17) is 4.74 Å². The van der Waals surface area contributed by atoms with Crippen molar-refractivity contribution in [2.24, 2.45) is 0 Å². The Bertz CT molecular complexity index is 1030. The molecule has 0 radical (unpaired) electrons. The Balaban J connectivity index is 1.54. The van der Waals surface area contributed by atoms with Crippen LogP contribution in [0.4, 0.5) is 0 Å². The van der Waals surface area contributed by atoms with Crippen molar-refractivity contribution in [3.05, 3.63) is 65.2 Å². The predicted octanol–water partition coefficient (Wildman–Crippen LogP) is 3.29. The lowest BCUT2D eigenvalue weighted by Crippen LogP contribution is -2.48. The quantitative estimate of drug-likeness (QED) is 0.811. The Kier molecular flexibility index (Phi) is 5.95. The van der Waals surface area contributed by atoms with Gasteiger partial charge in [-0.2, -0.15) is 4.31 Å². The number of benzene rings is 2. The zero-order valence-corrected chi connectivity index (χ0v) is 18.2. The molecular weight excluding hydrogens is 400 g/mol. The van der Waals surface area contributed by atoms with E-state index in [-0.39, 0.29) is 29.1 Å². The largest absolute Gasteiger partial charge is 0.373 e. The molecule has 0 saturated carbocycles. The smallest absolute Gasteiger partial charge is 0.251 e. The average molecular weight is 429 g/mol. The van der Waals surface area contributed by atoms with E-state index in [2.05, 4.69) is 17.4 Å². The van der Waals surface area contributed by atoms with Gasteiger partial charge in [-0.15, -0.1) is 0 Å². The molecule has 160 valence electrons. The summed E-state index contributed by atoms with van der Waals surface area (Å²) in [6.45, 7) is 4.35. The molecule has 7 heteroatoms. The fourth-order valence-corrected chi connectivity index (χ4v) is 6.06. The molecule has 30 heavy (non-hydrogen) atoms. The minimum Gasteiger partial charge on any atom is -0.373 e. The second-order valence-corrected chi connectivity index (χ2v) is 10.2. The van der Waals surface area contributed by atoms with Crippen LogP contribution in [0, 0.1) is 0 Å². The molecule has 0 bridgehead atoms. The van der Waals surface area contributed by atoms with Crippen molar-refractivity contribution in [3.8, 4) is 0 Å². The van der Waals surface area contributed by atoms with E-state index in [1.54, 1.807) is 18.2 Å². The highest BCUT2D eigenvalue weighted by Gasteiger charge is 2.32. The third-order valence-electron chi connectivity index (χ3n) is 5.79. The zero-order chi connectivity index (χ0) is 21.3. The van der Waals surface area contributed by atoms with Gasteiger partial charge in [0.15, 0.2) is 0 Å². The number of hydrogen-bond acceptors (Lipinski definition) is 4.